The smallest absolute Gasteiger partial charge is 0.420 e. The van der Waals surface area contributed by atoms with Crippen LogP contribution in [0, 0.1) is 0 Å². The number of benzene rings is 1. The van der Waals surface area contributed by atoms with E-state index in [4.69, 9.17) is 0 Å². The largest absolute Gasteiger partial charge is 0.506 e. The Kier molecular flexibility index (Phi) is 5.10. The number of fused-ring (bicyclic) bond motifs is 1. The number of carbonyl (C=O) groups excluding carboxylic acids is 1. The molecule has 154 valence electrons. The molecule has 0 saturated heterocycles. The van der Waals surface area contributed by atoms with Gasteiger partial charge in [-0.25, -0.2) is 9.97 Å². The fourth-order valence-electron chi connectivity index (χ4n) is 2.70. The van der Waals surface area contributed by atoms with Gasteiger partial charge in [-0.3, -0.25) is 9.20 Å². The Morgan fingerprint density at radius 1 is 1.17 bits per heavy atom. The van der Waals surface area contributed by atoms with Crippen molar-refractivity contribution in [2.45, 2.75) is 25.7 Å². The number of alkyl halides is 6. The number of imidazole rings is 1. The zero-order valence-corrected chi connectivity index (χ0v) is 15.9. The van der Waals surface area contributed by atoms with Crippen LogP contribution in [-0.2, 0) is 18.8 Å². The molecule has 0 spiro atoms. The van der Waals surface area contributed by atoms with Crippen LogP contribution in [0.2, 0.25) is 0 Å². The minimum atomic E-state index is -4.96. The number of aromatic hydroxyl groups is 1. The molecular formula is C17H10BrF6N3O2. The highest BCUT2D eigenvalue weighted by Crippen LogP contribution is 2.41. The summed E-state index contributed by atoms with van der Waals surface area (Å²) in [7, 11) is 0. The molecule has 0 aliphatic heterocycles. The number of hydrogen-bond donors (Lipinski definition) is 1. The SMILES string of the molecule is CCc1nc2ncc(C(F)(F)F)cn2c1C(=O)c1cc(Br)c(O)c(C(F)(F)F)c1. The van der Waals surface area contributed by atoms with E-state index in [1.807, 2.05) is 0 Å². The summed E-state index contributed by atoms with van der Waals surface area (Å²) in [5.74, 6) is -2.31. The van der Waals surface area contributed by atoms with Crippen LogP contribution in [0.5, 0.6) is 5.75 Å². The number of phenolic OH excluding ortho intramolecular Hbond substituents is 1. The minimum absolute atomic E-state index is 0.0691. The number of aromatic nitrogens is 3. The maximum atomic E-state index is 13.2. The average molecular weight is 482 g/mol. The van der Waals surface area contributed by atoms with Crippen molar-refractivity contribution < 1.29 is 36.2 Å². The molecule has 2 aromatic heterocycles. The first-order valence-electron chi connectivity index (χ1n) is 7.93. The van der Waals surface area contributed by atoms with E-state index >= 15 is 0 Å². The van der Waals surface area contributed by atoms with Crippen LogP contribution in [0.25, 0.3) is 5.78 Å². The first kappa shape index (κ1) is 21.1. The molecule has 29 heavy (non-hydrogen) atoms. The number of nitrogens with zero attached hydrogens (tertiary/aromatic N) is 3. The number of ketones is 1. The van der Waals surface area contributed by atoms with Crippen LogP contribution in [0.4, 0.5) is 26.3 Å². The van der Waals surface area contributed by atoms with E-state index in [0.29, 0.717) is 18.5 Å². The number of rotatable bonds is 3. The lowest BCUT2D eigenvalue weighted by Gasteiger charge is -2.13. The Morgan fingerprint density at radius 3 is 2.38 bits per heavy atom. The molecule has 0 radical (unpaired) electrons. The summed E-state index contributed by atoms with van der Waals surface area (Å²) < 4.78 is 78.9. The second-order valence-electron chi connectivity index (χ2n) is 5.95. The normalized spacial score (nSPS) is 12.6. The van der Waals surface area contributed by atoms with Gasteiger partial charge in [0.25, 0.3) is 0 Å². The molecule has 0 fully saturated rings. The third-order valence-corrected chi connectivity index (χ3v) is 4.66. The Labute approximate surface area is 167 Å². The van der Waals surface area contributed by atoms with Crippen LogP contribution in [0.15, 0.2) is 29.0 Å². The number of carbonyl (C=O) groups is 1. The molecule has 1 N–H and O–H groups in total. The molecule has 3 rings (SSSR count). The molecule has 0 atom stereocenters. The highest BCUT2D eigenvalue weighted by Gasteiger charge is 2.37. The standard InChI is InChI=1S/C17H10BrF6N3O2/c1-2-11-12(27-6-8(16(19,20)21)5-25-15(27)26-11)13(28)7-3-9(17(22,23)24)14(29)10(18)4-7/h3-6,29H,2H2,1H3. The Bertz CT molecular complexity index is 1120. The summed E-state index contributed by atoms with van der Waals surface area (Å²) in [5, 5.41) is 9.64. The van der Waals surface area contributed by atoms with Crippen LogP contribution >= 0.6 is 15.9 Å². The van der Waals surface area contributed by atoms with Crippen molar-refractivity contribution in [1.82, 2.24) is 14.4 Å². The monoisotopic (exact) mass is 481 g/mol. The van der Waals surface area contributed by atoms with Gasteiger partial charge >= 0.3 is 12.4 Å². The van der Waals surface area contributed by atoms with Gasteiger partial charge in [-0.05, 0) is 34.5 Å². The number of phenols is 1. The van der Waals surface area contributed by atoms with Gasteiger partial charge in [0.05, 0.1) is 21.3 Å². The summed E-state index contributed by atoms with van der Waals surface area (Å²) in [5.41, 5.74) is -3.37. The van der Waals surface area contributed by atoms with E-state index in [1.165, 1.54) is 0 Å². The number of halogens is 7. The van der Waals surface area contributed by atoms with Crippen molar-refractivity contribution in [3.63, 3.8) is 0 Å². The number of hydrogen-bond acceptors (Lipinski definition) is 4. The predicted molar refractivity (Wildman–Crippen MR) is 91.6 cm³/mol. The average Bonchev–Trinajstić information content (AvgIpc) is 2.99. The molecule has 1 aromatic carbocycles. The van der Waals surface area contributed by atoms with E-state index in [1.54, 1.807) is 6.92 Å². The quantitative estimate of drug-likeness (QED) is 0.420. The molecule has 3 aromatic rings. The van der Waals surface area contributed by atoms with E-state index in [0.717, 1.165) is 10.5 Å². The van der Waals surface area contributed by atoms with Crippen LogP contribution in [0.1, 0.15) is 39.8 Å². The maximum absolute atomic E-state index is 13.2. The molecule has 0 amide bonds. The van der Waals surface area contributed by atoms with Crippen molar-refractivity contribution in [2.24, 2.45) is 0 Å². The van der Waals surface area contributed by atoms with Gasteiger partial charge in [0.15, 0.2) is 0 Å². The summed E-state index contributed by atoms with van der Waals surface area (Å²) in [6.07, 6.45) is -8.42. The molecule has 0 unspecified atom stereocenters. The zero-order valence-electron chi connectivity index (χ0n) is 14.4. The molecule has 0 saturated carbocycles. The molecule has 2 heterocycles. The molecule has 0 aliphatic carbocycles. The summed E-state index contributed by atoms with van der Waals surface area (Å²) in [6, 6.07) is 1.38. The first-order chi connectivity index (χ1) is 13.3. The van der Waals surface area contributed by atoms with E-state index in [-0.39, 0.29) is 23.6 Å². The van der Waals surface area contributed by atoms with Crippen LogP contribution < -0.4 is 0 Å². The highest BCUT2D eigenvalue weighted by atomic mass is 79.9. The van der Waals surface area contributed by atoms with Gasteiger partial charge in [-0.1, -0.05) is 6.92 Å². The van der Waals surface area contributed by atoms with Gasteiger partial charge in [-0.2, -0.15) is 26.3 Å². The van der Waals surface area contributed by atoms with Crippen molar-refractivity contribution >= 4 is 27.5 Å². The number of aryl methyl sites for hydroxylation is 1. The van der Waals surface area contributed by atoms with E-state index in [2.05, 4.69) is 25.9 Å². The van der Waals surface area contributed by atoms with Gasteiger partial charge in [0.2, 0.25) is 11.6 Å². The lowest BCUT2D eigenvalue weighted by Crippen LogP contribution is -2.13. The second kappa shape index (κ2) is 7.01. The second-order valence-corrected chi connectivity index (χ2v) is 6.81. The van der Waals surface area contributed by atoms with Crippen molar-refractivity contribution in [1.29, 1.82) is 0 Å². The summed E-state index contributed by atoms with van der Waals surface area (Å²) in [4.78, 5) is 20.5. The molecule has 0 bridgehead atoms. The molecule has 0 aliphatic rings. The van der Waals surface area contributed by atoms with Crippen molar-refractivity contribution in [3.05, 3.63) is 57.1 Å². The van der Waals surface area contributed by atoms with Gasteiger partial charge in [-0.15, -0.1) is 0 Å². The van der Waals surface area contributed by atoms with Gasteiger partial charge < -0.3 is 5.11 Å². The molecular weight excluding hydrogens is 472 g/mol. The fourth-order valence-corrected chi connectivity index (χ4v) is 3.16. The van der Waals surface area contributed by atoms with E-state index in [9.17, 15) is 36.2 Å². The van der Waals surface area contributed by atoms with Gasteiger partial charge in [0.1, 0.15) is 11.4 Å². The Hall–Kier alpha value is -2.63. The van der Waals surface area contributed by atoms with E-state index < -0.39 is 45.0 Å². The van der Waals surface area contributed by atoms with Gasteiger partial charge in [0, 0.05) is 18.0 Å². The van der Waals surface area contributed by atoms with Crippen molar-refractivity contribution in [3.8, 4) is 5.75 Å². The van der Waals surface area contributed by atoms with Crippen molar-refractivity contribution in [2.75, 3.05) is 0 Å². The van der Waals surface area contributed by atoms with Crippen LogP contribution in [0.3, 0.4) is 0 Å². The predicted octanol–water partition coefficient (Wildman–Crippen LogP) is 5.03. The molecule has 5 nitrogen and oxygen atoms in total. The summed E-state index contributed by atoms with van der Waals surface area (Å²) in [6.45, 7) is 1.58. The summed E-state index contributed by atoms with van der Waals surface area (Å²) >= 11 is 2.76. The minimum Gasteiger partial charge on any atom is -0.506 e. The zero-order chi connectivity index (χ0) is 21.7. The first-order valence-corrected chi connectivity index (χ1v) is 8.72. The third-order valence-electron chi connectivity index (χ3n) is 4.06. The maximum Gasteiger partial charge on any atom is 0.420 e. The van der Waals surface area contributed by atoms with Crippen LogP contribution in [-0.4, -0.2) is 25.3 Å². The lowest BCUT2D eigenvalue weighted by atomic mass is 10.0. The Balaban J connectivity index is 2.25. The topological polar surface area (TPSA) is 67.5 Å². The lowest BCUT2D eigenvalue weighted by molar-refractivity contribution is -0.139. The Morgan fingerprint density at radius 2 is 1.83 bits per heavy atom. The molecule has 12 heteroatoms. The highest BCUT2D eigenvalue weighted by molar-refractivity contribution is 9.10. The third kappa shape index (κ3) is 3.80. The fraction of sp³-hybridized carbons (Fsp3) is 0.235.